The first-order chi connectivity index (χ1) is 8.72. The van der Waals surface area contributed by atoms with Crippen molar-refractivity contribution in [2.24, 2.45) is 7.05 Å². The van der Waals surface area contributed by atoms with Crippen LogP contribution in [0, 0.1) is 0 Å². The van der Waals surface area contributed by atoms with Gasteiger partial charge in [-0.2, -0.15) is 9.78 Å². The third-order valence-electron chi connectivity index (χ3n) is 2.57. The van der Waals surface area contributed by atoms with E-state index in [1.54, 1.807) is 22.7 Å². The number of tetrazole rings is 1. The summed E-state index contributed by atoms with van der Waals surface area (Å²) in [5.74, 6) is 0.749. The Balaban J connectivity index is 2.12. The predicted molar refractivity (Wildman–Crippen MR) is 64.2 cm³/mol. The Labute approximate surface area is 105 Å². The number of nitrogens with one attached hydrogen (secondary N) is 1. The molecule has 8 heteroatoms. The van der Waals surface area contributed by atoms with Crippen molar-refractivity contribution in [1.82, 2.24) is 35.3 Å². The monoisotopic (exact) mass is 251 g/mol. The van der Waals surface area contributed by atoms with Crippen LogP contribution in [-0.2, 0) is 11.8 Å². The summed E-state index contributed by atoms with van der Waals surface area (Å²) in [7, 11) is 3.53. The molecule has 0 amide bonds. The Bertz CT molecular complexity index is 492. The van der Waals surface area contributed by atoms with E-state index in [9.17, 15) is 0 Å². The average molecular weight is 251 g/mol. The maximum Gasteiger partial charge on any atom is 0.173 e. The van der Waals surface area contributed by atoms with Crippen LogP contribution in [0.15, 0.2) is 12.4 Å². The van der Waals surface area contributed by atoms with Crippen molar-refractivity contribution in [3.8, 4) is 5.69 Å². The van der Waals surface area contributed by atoms with E-state index in [4.69, 9.17) is 4.74 Å². The highest BCUT2D eigenvalue weighted by atomic mass is 16.5. The second-order valence-electron chi connectivity index (χ2n) is 3.99. The summed E-state index contributed by atoms with van der Waals surface area (Å²) in [6.07, 6.45) is 3.59. The SMILES string of the molecule is COCCNC(C)c1nnnn1-c1cnn(C)c1. The molecular weight excluding hydrogens is 234 g/mol. The molecule has 8 nitrogen and oxygen atoms in total. The molecule has 0 aliphatic rings. The van der Waals surface area contributed by atoms with E-state index in [2.05, 4.69) is 25.9 Å². The maximum absolute atomic E-state index is 4.99. The van der Waals surface area contributed by atoms with Crippen LogP contribution in [0.25, 0.3) is 5.69 Å². The van der Waals surface area contributed by atoms with Crippen molar-refractivity contribution in [3.63, 3.8) is 0 Å². The zero-order valence-corrected chi connectivity index (χ0v) is 10.7. The summed E-state index contributed by atoms with van der Waals surface area (Å²) in [5, 5.41) is 19.1. The van der Waals surface area contributed by atoms with Gasteiger partial charge in [0.2, 0.25) is 0 Å². The van der Waals surface area contributed by atoms with E-state index < -0.39 is 0 Å². The number of ether oxygens (including phenoxy) is 1. The lowest BCUT2D eigenvalue weighted by Crippen LogP contribution is -2.25. The number of aryl methyl sites for hydroxylation is 1. The van der Waals surface area contributed by atoms with Gasteiger partial charge in [-0.15, -0.1) is 5.10 Å². The van der Waals surface area contributed by atoms with Gasteiger partial charge in [-0.25, -0.2) is 0 Å². The molecule has 0 spiro atoms. The van der Waals surface area contributed by atoms with Gasteiger partial charge >= 0.3 is 0 Å². The van der Waals surface area contributed by atoms with E-state index in [-0.39, 0.29) is 6.04 Å². The van der Waals surface area contributed by atoms with Gasteiger partial charge in [0.1, 0.15) is 5.69 Å². The minimum absolute atomic E-state index is 0.0374. The van der Waals surface area contributed by atoms with Gasteiger partial charge in [0.25, 0.3) is 0 Å². The van der Waals surface area contributed by atoms with Crippen LogP contribution in [-0.4, -0.2) is 50.2 Å². The Hall–Kier alpha value is -1.80. The molecule has 0 aliphatic heterocycles. The molecule has 1 N–H and O–H groups in total. The van der Waals surface area contributed by atoms with Crippen LogP contribution in [0.5, 0.6) is 0 Å². The molecule has 0 radical (unpaired) electrons. The lowest BCUT2D eigenvalue weighted by molar-refractivity contribution is 0.196. The second-order valence-corrected chi connectivity index (χ2v) is 3.99. The van der Waals surface area contributed by atoms with Crippen LogP contribution in [0.2, 0.25) is 0 Å². The van der Waals surface area contributed by atoms with E-state index in [0.717, 1.165) is 18.1 Å². The van der Waals surface area contributed by atoms with Crippen molar-refractivity contribution in [2.75, 3.05) is 20.3 Å². The molecule has 2 aromatic heterocycles. The Morgan fingerprint density at radius 1 is 1.50 bits per heavy atom. The highest BCUT2D eigenvalue weighted by molar-refractivity contribution is 5.24. The highest BCUT2D eigenvalue weighted by Crippen LogP contribution is 2.12. The van der Waals surface area contributed by atoms with Crippen molar-refractivity contribution in [1.29, 1.82) is 0 Å². The number of nitrogens with zero attached hydrogens (tertiary/aromatic N) is 6. The van der Waals surface area contributed by atoms with Gasteiger partial charge in [0.15, 0.2) is 5.82 Å². The summed E-state index contributed by atoms with van der Waals surface area (Å²) < 4.78 is 8.38. The number of hydrogen-bond donors (Lipinski definition) is 1. The zero-order valence-electron chi connectivity index (χ0n) is 10.7. The van der Waals surface area contributed by atoms with Crippen molar-refractivity contribution in [2.45, 2.75) is 13.0 Å². The molecule has 18 heavy (non-hydrogen) atoms. The average Bonchev–Trinajstić information content (AvgIpc) is 2.97. The fourth-order valence-corrected chi connectivity index (χ4v) is 1.63. The molecule has 2 heterocycles. The second kappa shape index (κ2) is 5.69. The van der Waals surface area contributed by atoms with Crippen LogP contribution in [0.4, 0.5) is 0 Å². The minimum atomic E-state index is 0.0374. The summed E-state index contributed by atoms with van der Waals surface area (Å²) >= 11 is 0. The Morgan fingerprint density at radius 3 is 3.00 bits per heavy atom. The highest BCUT2D eigenvalue weighted by Gasteiger charge is 2.15. The van der Waals surface area contributed by atoms with Crippen molar-refractivity contribution in [3.05, 3.63) is 18.2 Å². The largest absolute Gasteiger partial charge is 0.383 e. The van der Waals surface area contributed by atoms with Gasteiger partial charge in [0.05, 0.1) is 25.0 Å². The first kappa shape index (κ1) is 12.7. The number of hydrogen-bond acceptors (Lipinski definition) is 6. The zero-order chi connectivity index (χ0) is 13.0. The van der Waals surface area contributed by atoms with Crippen LogP contribution in [0.1, 0.15) is 18.8 Å². The topological polar surface area (TPSA) is 82.7 Å². The smallest absolute Gasteiger partial charge is 0.173 e. The standard InChI is InChI=1S/C10H17N7O/c1-8(11-4-5-18-3)10-13-14-15-17(10)9-6-12-16(2)7-9/h6-8,11H,4-5H2,1-3H3. The molecule has 0 fully saturated rings. The van der Waals surface area contributed by atoms with E-state index in [1.165, 1.54) is 0 Å². The van der Waals surface area contributed by atoms with Crippen LogP contribution >= 0.6 is 0 Å². The summed E-state index contributed by atoms with van der Waals surface area (Å²) in [6, 6.07) is 0.0374. The van der Waals surface area contributed by atoms with Gasteiger partial charge in [-0.3, -0.25) is 4.68 Å². The molecule has 2 rings (SSSR count). The third-order valence-corrected chi connectivity index (χ3v) is 2.57. The molecule has 98 valence electrons. The van der Waals surface area contributed by atoms with Crippen LogP contribution < -0.4 is 5.32 Å². The van der Waals surface area contributed by atoms with Gasteiger partial charge in [0, 0.05) is 20.7 Å². The Kier molecular flexibility index (Phi) is 4.00. The fraction of sp³-hybridized carbons (Fsp3) is 0.600. The van der Waals surface area contributed by atoms with E-state index >= 15 is 0 Å². The van der Waals surface area contributed by atoms with Gasteiger partial charge in [-0.05, 0) is 17.4 Å². The van der Waals surface area contributed by atoms with Crippen molar-refractivity contribution < 1.29 is 4.74 Å². The molecule has 2 aromatic rings. The van der Waals surface area contributed by atoms with Crippen LogP contribution in [0.3, 0.4) is 0 Å². The summed E-state index contributed by atoms with van der Waals surface area (Å²) in [5.41, 5.74) is 0.845. The molecule has 0 saturated carbocycles. The predicted octanol–water partition coefficient (Wildman–Crippen LogP) is -0.307. The number of rotatable bonds is 6. The lowest BCUT2D eigenvalue weighted by Gasteiger charge is -2.12. The summed E-state index contributed by atoms with van der Waals surface area (Å²) in [6.45, 7) is 3.41. The molecule has 1 unspecified atom stereocenters. The molecule has 0 aliphatic carbocycles. The fourth-order valence-electron chi connectivity index (χ4n) is 1.63. The minimum Gasteiger partial charge on any atom is -0.383 e. The third kappa shape index (κ3) is 2.71. The number of methoxy groups -OCH3 is 1. The molecule has 0 bridgehead atoms. The normalized spacial score (nSPS) is 12.8. The number of aromatic nitrogens is 6. The van der Waals surface area contributed by atoms with E-state index in [0.29, 0.717) is 6.61 Å². The van der Waals surface area contributed by atoms with Crippen molar-refractivity contribution >= 4 is 0 Å². The quantitative estimate of drug-likeness (QED) is 0.709. The molecule has 0 saturated heterocycles. The summed E-state index contributed by atoms with van der Waals surface area (Å²) in [4.78, 5) is 0. The maximum atomic E-state index is 4.99. The molecular formula is C10H17N7O. The van der Waals surface area contributed by atoms with Gasteiger partial charge < -0.3 is 10.1 Å². The van der Waals surface area contributed by atoms with Gasteiger partial charge in [-0.1, -0.05) is 0 Å². The lowest BCUT2D eigenvalue weighted by atomic mass is 10.3. The van der Waals surface area contributed by atoms with E-state index in [1.807, 2.05) is 20.2 Å². The first-order valence-corrected chi connectivity index (χ1v) is 5.72. The Morgan fingerprint density at radius 2 is 2.33 bits per heavy atom. The molecule has 0 aromatic carbocycles. The molecule has 1 atom stereocenters. The first-order valence-electron chi connectivity index (χ1n) is 5.72.